The van der Waals surface area contributed by atoms with E-state index in [2.05, 4.69) is 33.6 Å². The van der Waals surface area contributed by atoms with Gasteiger partial charge < -0.3 is 0 Å². The molecular formula is C28H12F4I2N2. The molecule has 2 aromatic heterocycles. The van der Waals surface area contributed by atoms with Gasteiger partial charge in [-0.15, -0.1) is 0 Å². The molecule has 0 aliphatic carbocycles. The molecule has 5 aromatic rings. The Labute approximate surface area is 231 Å². The summed E-state index contributed by atoms with van der Waals surface area (Å²) in [5, 5.41) is 2.16. The molecule has 3 aromatic carbocycles. The highest BCUT2D eigenvalue weighted by Crippen LogP contribution is 2.26. The van der Waals surface area contributed by atoms with Gasteiger partial charge in [-0.2, -0.15) is 0 Å². The lowest BCUT2D eigenvalue weighted by atomic mass is 10.1. The monoisotopic (exact) mass is 706 g/mol. The molecule has 0 aliphatic heterocycles. The van der Waals surface area contributed by atoms with Crippen molar-refractivity contribution in [2.45, 2.75) is 0 Å². The maximum Gasteiger partial charge on any atom is 0.176 e. The second-order valence-corrected chi connectivity index (χ2v) is 9.37. The number of rotatable bonds is 0. The minimum atomic E-state index is -1.35. The summed E-state index contributed by atoms with van der Waals surface area (Å²) in [6.07, 6.45) is 3.54. The Morgan fingerprint density at radius 1 is 0.556 bits per heavy atom. The third-order valence-electron chi connectivity index (χ3n) is 4.81. The van der Waals surface area contributed by atoms with Crippen molar-refractivity contribution in [2.24, 2.45) is 0 Å². The Kier molecular flexibility index (Phi) is 8.39. The second-order valence-electron chi connectivity index (χ2n) is 7.22. The van der Waals surface area contributed by atoms with Crippen LogP contribution in [0.25, 0.3) is 21.8 Å². The number of fused-ring (bicyclic) bond motifs is 2. The fourth-order valence-electron chi connectivity index (χ4n) is 3.06. The summed E-state index contributed by atoms with van der Waals surface area (Å²) in [6.45, 7) is 0. The molecule has 176 valence electrons. The molecule has 36 heavy (non-hydrogen) atoms. The van der Waals surface area contributed by atoms with Gasteiger partial charge in [-0.25, -0.2) is 17.6 Å². The number of pyridine rings is 2. The van der Waals surface area contributed by atoms with Crippen LogP contribution in [-0.2, 0) is 0 Å². The number of para-hydroxylation sites is 2. The topological polar surface area (TPSA) is 25.8 Å². The van der Waals surface area contributed by atoms with Crippen molar-refractivity contribution in [3.8, 4) is 23.7 Å². The molecule has 0 fully saturated rings. The Hall–Kier alpha value is -3.22. The Balaban J connectivity index is 0.000000214. The average molecular weight is 706 g/mol. The van der Waals surface area contributed by atoms with E-state index in [1.165, 1.54) is 45.2 Å². The van der Waals surface area contributed by atoms with Gasteiger partial charge in [-0.05, 0) is 81.3 Å². The van der Waals surface area contributed by atoms with E-state index in [-0.39, 0.29) is 0 Å². The third-order valence-corrected chi connectivity index (χ3v) is 6.71. The molecule has 0 saturated carbocycles. The summed E-state index contributed by atoms with van der Waals surface area (Å²) >= 11 is 2.41. The quantitative estimate of drug-likeness (QED) is 0.0545. The molecule has 5 rings (SSSR count). The number of nitrogens with zero attached hydrogens (tertiary/aromatic N) is 2. The largest absolute Gasteiger partial charge is 0.255 e. The molecule has 8 heteroatoms. The maximum atomic E-state index is 12.6. The molecule has 0 spiro atoms. The van der Waals surface area contributed by atoms with Crippen LogP contribution in [0, 0.1) is 54.1 Å². The van der Waals surface area contributed by atoms with E-state index in [1.54, 1.807) is 12.4 Å². The lowest BCUT2D eigenvalue weighted by Gasteiger charge is -2.02. The lowest BCUT2D eigenvalue weighted by molar-refractivity contribution is 0.437. The first-order valence-electron chi connectivity index (χ1n) is 10.2. The number of hydrogen-bond acceptors (Lipinski definition) is 2. The maximum absolute atomic E-state index is 12.6. The standard InChI is InChI=1S/C22H12N2.C6F4I2/c1(7-17-13-19-9-3-5-11-21(19)23-15-17)2-8-18-14-20-10-4-6-12-22(20)24-16-18;7-1-2(8)6(12)4(10)3(9)5(1)11/h3-6,9-16H;. The van der Waals surface area contributed by atoms with Crippen LogP contribution in [0.3, 0.4) is 0 Å². The van der Waals surface area contributed by atoms with Crippen molar-refractivity contribution >= 4 is 67.0 Å². The molecule has 0 radical (unpaired) electrons. The van der Waals surface area contributed by atoms with E-state index in [1.807, 2.05) is 60.7 Å². The van der Waals surface area contributed by atoms with Gasteiger partial charge in [-0.3, -0.25) is 9.97 Å². The van der Waals surface area contributed by atoms with Crippen molar-refractivity contribution in [3.63, 3.8) is 0 Å². The number of aromatic nitrogens is 2. The number of hydrogen-bond donors (Lipinski definition) is 0. The molecule has 0 atom stereocenters. The molecular weight excluding hydrogens is 694 g/mol. The van der Waals surface area contributed by atoms with Crippen LogP contribution >= 0.6 is 45.2 Å². The van der Waals surface area contributed by atoms with Crippen molar-refractivity contribution < 1.29 is 17.6 Å². The van der Waals surface area contributed by atoms with Crippen LogP contribution in [0.5, 0.6) is 0 Å². The first-order chi connectivity index (χ1) is 17.3. The SMILES string of the molecule is C(C#Cc1cnc2ccccc2c1)#Cc1cnc2ccccc2c1.Fc1c(F)c(I)c(F)c(F)c1I. The van der Waals surface area contributed by atoms with Gasteiger partial charge in [0.05, 0.1) is 18.2 Å². The van der Waals surface area contributed by atoms with E-state index < -0.39 is 30.4 Å². The highest BCUT2D eigenvalue weighted by atomic mass is 127. The van der Waals surface area contributed by atoms with Gasteiger partial charge in [0.2, 0.25) is 0 Å². The van der Waals surface area contributed by atoms with Crippen LogP contribution in [0.2, 0.25) is 0 Å². The van der Waals surface area contributed by atoms with Gasteiger partial charge >= 0.3 is 0 Å². The van der Waals surface area contributed by atoms with E-state index in [9.17, 15) is 17.6 Å². The number of benzene rings is 3. The van der Waals surface area contributed by atoms with E-state index in [4.69, 9.17) is 0 Å². The summed E-state index contributed by atoms with van der Waals surface area (Å²) in [5.74, 6) is 6.45. The fraction of sp³-hybridized carbons (Fsp3) is 0. The van der Waals surface area contributed by atoms with Crippen LogP contribution in [-0.4, -0.2) is 9.97 Å². The molecule has 0 unspecified atom stereocenters. The third kappa shape index (κ3) is 5.94. The predicted octanol–water partition coefficient (Wildman–Crippen LogP) is 7.64. The van der Waals surface area contributed by atoms with Gasteiger partial charge in [0.15, 0.2) is 23.3 Å². The Bertz CT molecular complexity index is 1530. The van der Waals surface area contributed by atoms with Gasteiger partial charge in [0, 0.05) is 34.3 Å². The smallest absolute Gasteiger partial charge is 0.176 e. The summed E-state index contributed by atoms with van der Waals surface area (Å²) < 4.78 is 49.2. The van der Waals surface area contributed by atoms with Crippen molar-refractivity contribution in [3.05, 3.63) is 115 Å². The van der Waals surface area contributed by atoms with Crippen LogP contribution in [0.15, 0.2) is 73.1 Å². The minimum absolute atomic E-state index is 0.664. The molecule has 2 heterocycles. The molecule has 0 bridgehead atoms. The molecule has 0 aliphatic rings. The zero-order chi connectivity index (χ0) is 25.7. The Morgan fingerprint density at radius 3 is 1.31 bits per heavy atom. The van der Waals surface area contributed by atoms with Crippen LogP contribution in [0.1, 0.15) is 11.1 Å². The second kappa shape index (κ2) is 11.7. The minimum Gasteiger partial charge on any atom is -0.255 e. The molecule has 0 amide bonds. The molecule has 2 nitrogen and oxygen atoms in total. The highest BCUT2D eigenvalue weighted by molar-refractivity contribution is 14.1. The summed E-state index contributed by atoms with van der Waals surface area (Å²) in [7, 11) is 0. The van der Waals surface area contributed by atoms with Crippen LogP contribution in [0.4, 0.5) is 17.6 Å². The normalized spacial score (nSPS) is 10.1. The van der Waals surface area contributed by atoms with E-state index >= 15 is 0 Å². The van der Waals surface area contributed by atoms with Crippen LogP contribution < -0.4 is 0 Å². The van der Waals surface area contributed by atoms with E-state index in [0.717, 1.165) is 32.9 Å². The lowest BCUT2D eigenvalue weighted by Crippen LogP contribution is -2.02. The number of halogens is 6. The summed E-state index contributed by atoms with van der Waals surface area (Å²) in [6, 6.07) is 20.0. The Morgan fingerprint density at radius 2 is 0.917 bits per heavy atom. The van der Waals surface area contributed by atoms with E-state index in [0.29, 0.717) is 0 Å². The zero-order valence-corrected chi connectivity index (χ0v) is 22.4. The summed E-state index contributed by atoms with van der Waals surface area (Å²) in [5.41, 5.74) is 3.66. The van der Waals surface area contributed by atoms with Gasteiger partial charge in [-0.1, -0.05) is 48.2 Å². The fourth-order valence-corrected chi connectivity index (χ4v) is 4.01. The van der Waals surface area contributed by atoms with Crippen molar-refractivity contribution in [1.29, 1.82) is 0 Å². The highest BCUT2D eigenvalue weighted by Gasteiger charge is 2.21. The molecule has 0 saturated heterocycles. The first kappa shape index (κ1) is 25.9. The zero-order valence-electron chi connectivity index (χ0n) is 18.1. The predicted molar refractivity (Wildman–Crippen MR) is 149 cm³/mol. The van der Waals surface area contributed by atoms with Crippen molar-refractivity contribution in [2.75, 3.05) is 0 Å². The first-order valence-corrected chi connectivity index (χ1v) is 12.4. The molecule has 0 N–H and O–H groups in total. The van der Waals surface area contributed by atoms with Crippen molar-refractivity contribution in [1.82, 2.24) is 9.97 Å². The van der Waals surface area contributed by atoms with Gasteiger partial charge in [0.1, 0.15) is 0 Å². The average Bonchev–Trinajstić information content (AvgIpc) is 2.92. The summed E-state index contributed by atoms with van der Waals surface area (Å²) in [4.78, 5) is 8.78. The van der Waals surface area contributed by atoms with Gasteiger partial charge in [0.25, 0.3) is 0 Å².